The maximum absolute atomic E-state index is 6.15. The van der Waals surface area contributed by atoms with E-state index < -0.39 is 0 Å². The van der Waals surface area contributed by atoms with E-state index in [-0.39, 0.29) is 11.7 Å². The number of rotatable bonds is 4. The van der Waals surface area contributed by atoms with Gasteiger partial charge in [-0.2, -0.15) is 0 Å². The molecule has 0 saturated carbocycles. The summed E-state index contributed by atoms with van der Waals surface area (Å²) >= 11 is 0. The molecule has 5 rings (SSSR count). The maximum atomic E-state index is 6.15. The minimum Gasteiger partial charge on any atom is -0.474 e. The molecule has 0 unspecified atom stereocenters. The molecule has 138 valence electrons. The fraction of sp³-hybridized carbons (Fsp3) is 0.364. The molecule has 1 atom stereocenters. The average Bonchev–Trinajstić information content (AvgIpc) is 2.68. The van der Waals surface area contributed by atoms with Gasteiger partial charge < -0.3 is 9.47 Å². The number of pyridine rings is 2. The molecule has 5 nitrogen and oxygen atoms in total. The van der Waals surface area contributed by atoms with Crippen molar-refractivity contribution in [3.63, 3.8) is 0 Å². The molecule has 1 aromatic carbocycles. The van der Waals surface area contributed by atoms with Crippen LogP contribution in [0.15, 0.2) is 60.8 Å². The summed E-state index contributed by atoms with van der Waals surface area (Å²) in [7, 11) is 0. The van der Waals surface area contributed by atoms with Crippen LogP contribution in [-0.2, 0) is 11.3 Å². The minimum atomic E-state index is -0.0749. The van der Waals surface area contributed by atoms with Crippen molar-refractivity contribution in [1.29, 1.82) is 0 Å². The summed E-state index contributed by atoms with van der Waals surface area (Å²) in [5.74, 6) is 0.705. The number of benzene rings is 1. The molecule has 2 fully saturated rings. The van der Waals surface area contributed by atoms with Gasteiger partial charge in [-0.25, -0.2) is 4.98 Å². The summed E-state index contributed by atoms with van der Waals surface area (Å²) in [6, 6.07) is 18.3. The van der Waals surface area contributed by atoms with Crippen LogP contribution in [0.5, 0.6) is 5.88 Å². The second-order valence-electron chi connectivity index (χ2n) is 7.57. The molecule has 0 radical (unpaired) electrons. The van der Waals surface area contributed by atoms with E-state index in [2.05, 4.69) is 34.1 Å². The Balaban J connectivity index is 1.20. The van der Waals surface area contributed by atoms with Gasteiger partial charge in [0.2, 0.25) is 5.88 Å². The monoisotopic (exact) mass is 361 g/mol. The molecule has 0 aliphatic carbocycles. The van der Waals surface area contributed by atoms with Crippen LogP contribution in [-0.4, -0.2) is 46.3 Å². The van der Waals surface area contributed by atoms with Crippen LogP contribution >= 0.6 is 0 Å². The van der Waals surface area contributed by atoms with Crippen molar-refractivity contribution < 1.29 is 9.47 Å². The molecule has 2 aromatic heterocycles. The lowest BCUT2D eigenvalue weighted by atomic mass is 9.84. The van der Waals surface area contributed by atoms with Gasteiger partial charge in [-0.1, -0.05) is 30.3 Å². The third-order valence-corrected chi connectivity index (χ3v) is 5.44. The predicted octanol–water partition coefficient (Wildman–Crippen LogP) is 3.44. The molecule has 2 saturated heterocycles. The zero-order valence-corrected chi connectivity index (χ0v) is 15.3. The number of likely N-dealkylation sites (tertiary alicyclic amines) is 1. The van der Waals surface area contributed by atoms with Gasteiger partial charge in [-0.15, -0.1) is 0 Å². The standard InChI is InChI=1S/C22H23N3O2/c1-2-6-20-17(5-1)8-9-18(24-20)14-25-15-22(16-25)13-19(10-12-26-22)27-21-7-3-4-11-23-21/h1-9,11,19H,10,12-16H2/t19-/m0/s1. The Labute approximate surface area is 159 Å². The van der Waals surface area contributed by atoms with Crippen molar-refractivity contribution >= 4 is 10.9 Å². The summed E-state index contributed by atoms with van der Waals surface area (Å²) in [6.45, 7) is 3.48. The molecule has 2 aliphatic heterocycles. The van der Waals surface area contributed by atoms with Crippen LogP contribution in [0.25, 0.3) is 10.9 Å². The SMILES string of the molecule is c1ccc(O[C@H]2CCOC3(C2)CN(Cc2ccc4ccccc4n2)C3)nc1. The molecule has 1 spiro atoms. The molecule has 27 heavy (non-hydrogen) atoms. The van der Waals surface area contributed by atoms with E-state index in [1.54, 1.807) is 6.20 Å². The zero-order chi connectivity index (χ0) is 18.1. The van der Waals surface area contributed by atoms with Crippen LogP contribution < -0.4 is 4.74 Å². The molecule has 3 aromatic rings. The Bertz CT molecular complexity index is 925. The summed E-state index contributed by atoms with van der Waals surface area (Å²) < 4.78 is 12.2. The lowest BCUT2D eigenvalue weighted by Crippen LogP contribution is -2.65. The first-order valence-electron chi connectivity index (χ1n) is 9.57. The molecule has 2 aliphatic rings. The van der Waals surface area contributed by atoms with Crippen LogP contribution in [0, 0.1) is 0 Å². The van der Waals surface area contributed by atoms with Crippen molar-refractivity contribution in [2.45, 2.75) is 31.1 Å². The molecule has 5 heteroatoms. The van der Waals surface area contributed by atoms with E-state index in [1.807, 2.05) is 30.3 Å². The van der Waals surface area contributed by atoms with E-state index in [0.717, 1.165) is 50.3 Å². The Morgan fingerprint density at radius 3 is 2.85 bits per heavy atom. The molecule has 0 amide bonds. The first kappa shape index (κ1) is 16.7. The van der Waals surface area contributed by atoms with Gasteiger partial charge in [0, 0.05) is 50.1 Å². The lowest BCUT2D eigenvalue weighted by molar-refractivity contribution is -0.188. The van der Waals surface area contributed by atoms with Gasteiger partial charge >= 0.3 is 0 Å². The lowest BCUT2D eigenvalue weighted by Gasteiger charge is -2.53. The predicted molar refractivity (Wildman–Crippen MR) is 104 cm³/mol. The number of ether oxygens (including phenoxy) is 2. The summed E-state index contributed by atoms with van der Waals surface area (Å²) in [5, 5.41) is 1.19. The number of nitrogens with zero attached hydrogens (tertiary/aromatic N) is 3. The smallest absolute Gasteiger partial charge is 0.213 e. The zero-order valence-electron chi connectivity index (χ0n) is 15.3. The Morgan fingerprint density at radius 1 is 1.07 bits per heavy atom. The van der Waals surface area contributed by atoms with Gasteiger partial charge in [-0.3, -0.25) is 9.88 Å². The van der Waals surface area contributed by atoms with E-state index >= 15 is 0 Å². The van der Waals surface area contributed by atoms with E-state index in [4.69, 9.17) is 14.5 Å². The number of para-hydroxylation sites is 1. The molecular weight excluding hydrogens is 338 g/mol. The third-order valence-electron chi connectivity index (χ3n) is 5.44. The normalized spacial score (nSPS) is 21.9. The number of hydrogen-bond donors (Lipinski definition) is 0. The summed E-state index contributed by atoms with van der Waals surface area (Å²) in [4.78, 5) is 11.5. The van der Waals surface area contributed by atoms with Crippen molar-refractivity contribution in [2.75, 3.05) is 19.7 Å². The summed E-state index contributed by atoms with van der Waals surface area (Å²) in [5.41, 5.74) is 2.10. The van der Waals surface area contributed by atoms with Crippen LogP contribution in [0.1, 0.15) is 18.5 Å². The number of fused-ring (bicyclic) bond motifs is 1. The first-order chi connectivity index (χ1) is 13.3. The largest absolute Gasteiger partial charge is 0.474 e. The molecule has 0 N–H and O–H groups in total. The highest BCUT2D eigenvalue weighted by atomic mass is 16.5. The van der Waals surface area contributed by atoms with Crippen molar-refractivity contribution in [2.24, 2.45) is 0 Å². The van der Waals surface area contributed by atoms with Gasteiger partial charge in [0.05, 0.1) is 23.4 Å². The van der Waals surface area contributed by atoms with Crippen LogP contribution in [0.3, 0.4) is 0 Å². The Morgan fingerprint density at radius 2 is 1.96 bits per heavy atom. The van der Waals surface area contributed by atoms with E-state index in [1.165, 1.54) is 5.39 Å². The fourth-order valence-corrected chi connectivity index (χ4v) is 4.20. The highest BCUT2D eigenvalue weighted by Gasteiger charge is 2.48. The summed E-state index contributed by atoms with van der Waals surface area (Å²) in [6.07, 6.45) is 3.79. The third kappa shape index (κ3) is 3.53. The van der Waals surface area contributed by atoms with Gasteiger partial charge in [0.1, 0.15) is 6.10 Å². The Hall–Kier alpha value is -2.50. The maximum Gasteiger partial charge on any atom is 0.213 e. The molecule has 0 bridgehead atoms. The van der Waals surface area contributed by atoms with Gasteiger partial charge in [0.25, 0.3) is 0 Å². The van der Waals surface area contributed by atoms with Crippen molar-refractivity contribution in [1.82, 2.24) is 14.9 Å². The molecular formula is C22H23N3O2. The molecule has 4 heterocycles. The fourth-order valence-electron chi connectivity index (χ4n) is 4.20. The second kappa shape index (κ2) is 6.91. The highest BCUT2D eigenvalue weighted by Crippen LogP contribution is 2.36. The topological polar surface area (TPSA) is 47.5 Å². The van der Waals surface area contributed by atoms with Crippen LogP contribution in [0.2, 0.25) is 0 Å². The number of aromatic nitrogens is 2. The quantitative estimate of drug-likeness (QED) is 0.712. The van der Waals surface area contributed by atoms with Crippen molar-refractivity contribution in [3.8, 4) is 5.88 Å². The second-order valence-corrected chi connectivity index (χ2v) is 7.57. The first-order valence-corrected chi connectivity index (χ1v) is 9.57. The highest BCUT2D eigenvalue weighted by molar-refractivity contribution is 5.78. The van der Waals surface area contributed by atoms with Gasteiger partial charge in [0.15, 0.2) is 0 Å². The average molecular weight is 361 g/mol. The van der Waals surface area contributed by atoms with E-state index in [9.17, 15) is 0 Å². The minimum absolute atomic E-state index is 0.0749. The Kier molecular flexibility index (Phi) is 4.26. The van der Waals surface area contributed by atoms with E-state index in [0.29, 0.717) is 5.88 Å². The van der Waals surface area contributed by atoms with Crippen LogP contribution in [0.4, 0.5) is 0 Å². The van der Waals surface area contributed by atoms with Gasteiger partial charge in [-0.05, 0) is 18.2 Å². The van der Waals surface area contributed by atoms with Crippen molar-refractivity contribution in [3.05, 3.63) is 66.5 Å². The number of hydrogen-bond acceptors (Lipinski definition) is 5.